The Bertz CT molecular complexity index is 1390. The van der Waals surface area contributed by atoms with Crippen LogP contribution in [0, 0.1) is 17.0 Å². The maximum Gasteiger partial charge on any atom is 0.276 e. The third-order valence-corrected chi connectivity index (χ3v) is 6.25. The second-order valence-electron chi connectivity index (χ2n) is 7.43. The van der Waals surface area contributed by atoms with Gasteiger partial charge in [0.15, 0.2) is 12.4 Å². The first kappa shape index (κ1) is 24.6. The number of rotatable bonds is 8. The molecule has 4 rings (SSSR count). The number of nitro benzene ring substituents is 1. The summed E-state index contributed by atoms with van der Waals surface area (Å²) in [6.07, 6.45) is 1.57. The molecule has 0 atom stereocenters. The summed E-state index contributed by atoms with van der Waals surface area (Å²) in [5.74, 6) is -0.0900. The zero-order valence-electron chi connectivity index (χ0n) is 18.3. The summed E-state index contributed by atoms with van der Waals surface area (Å²) >= 11 is 13.3. The van der Waals surface area contributed by atoms with E-state index in [1.54, 1.807) is 30.5 Å². The highest BCUT2D eigenvalue weighted by atomic mass is 35.5. The van der Waals surface area contributed by atoms with Gasteiger partial charge in [-0.15, -0.1) is 0 Å². The van der Waals surface area contributed by atoms with Crippen molar-refractivity contribution in [2.75, 3.05) is 5.32 Å². The third-order valence-electron chi connectivity index (χ3n) is 4.74. The number of nitro groups is 1. The lowest BCUT2D eigenvalue weighted by Gasteiger charge is -2.08. The standard InChI is InChI=1S/C24H18Cl2N4O4S/c1-15-2-5-19(6-3-15)35-20-12-17(11-18(13-20)30(32)33)27-24(31)22-8-9-29(28-22)14-34-23-7-4-16(25)10-21(23)26/h2-13H,14H2,1H3,(H,27,31). The van der Waals surface area contributed by atoms with Gasteiger partial charge in [-0.2, -0.15) is 5.10 Å². The quantitative estimate of drug-likeness (QED) is 0.198. The number of halogens is 2. The van der Waals surface area contributed by atoms with E-state index in [2.05, 4.69) is 10.4 Å². The Morgan fingerprint density at radius 3 is 2.57 bits per heavy atom. The van der Waals surface area contributed by atoms with Crippen molar-refractivity contribution in [3.63, 3.8) is 0 Å². The van der Waals surface area contributed by atoms with Crippen LogP contribution in [0.1, 0.15) is 16.1 Å². The molecule has 4 aromatic rings. The number of anilines is 1. The molecule has 1 aromatic heterocycles. The van der Waals surface area contributed by atoms with Crippen molar-refractivity contribution in [3.05, 3.63) is 104 Å². The van der Waals surface area contributed by atoms with Crippen LogP contribution in [0.15, 0.2) is 82.7 Å². The molecule has 1 N–H and O–H groups in total. The molecule has 11 heteroatoms. The van der Waals surface area contributed by atoms with Crippen LogP contribution in [-0.4, -0.2) is 20.6 Å². The highest BCUT2D eigenvalue weighted by Crippen LogP contribution is 2.33. The SMILES string of the molecule is Cc1ccc(Sc2cc(NC(=O)c3ccn(COc4ccc(Cl)cc4Cl)n3)cc([N+](=O)[O-])c2)cc1. The minimum atomic E-state index is -0.514. The normalized spacial score (nSPS) is 10.7. The van der Waals surface area contributed by atoms with Crippen molar-refractivity contribution < 1.29 is 14.5 Å². The molecule has 0 aliphatic carbocycles. The number of carbonyl (C=O) groups is 1. The lowest BCUT2D eigenvalue weighted by molar-refractivity contribution is -0.385. The molecule has 0 spiro atoms. The number of amides is 1. The van der Waals surface area contributed by atoms with Crippen LogP contribution in [0.4, 0.5) is 11.4 Å². The summed E-state index contributed by atoms with van der Waals surface area (Å²) in [5.41, 5.74) is 1.39. The van der Waals surface area contributed by atoms with Gasteiger partial charge in [-0.1, -0.05) is 52.7 Å². The summed E-state index contributed by atoms with van der Waals surface area (Å²) in [6.45, 7) is 2.00. The minimum absolute atomic E-state index is 0.0166. The predicted octanol–water partition coefficient (Wildman–Crippen LogP) is 6.85. The number of hydrogen-bond acceptors (Lipinski definition) is 6. The molecule has 178 valence electrons. The first-order chi connectivity index (χ1) is 16.8. The van der Waals surface area contributed by atoms with Gasteiger partial charge >= 0.3 is 0 Å². The molecule has 3 aromatic carbocycles. The van der Waals surface area contributed by atoms with Crippen LogP contribution in [0.3, 0.4) is 0 Å². The molecule has 1 amide bonds. The molecule has 0 unspecified atom stereocenters. The van der Waals surface area contributed by atoms with E-state index >= 15 is 0 Å². The van der Waals surface area contributed by atoms with E-state index in [1.165, 1.54) is 34.6 Å². The topological polar surface area (TPSA) is 99.3 Å². The molecule has 0 saturated carbocycles. The molecular formula is C24H18Cl2N4O4S. The van der Waals surface area contributed by atoms with Gasteiger partial charge in [-0.3, -0.25) is 14.9 Å². The van der Waals surface area contributed by atoms with Gasteiger partial charge in [0.05, 0.1) is 9.95 Å². The van der Waals surface area contributed by atoms with Crippen molar-refractivity contribution in [3.8, 4) is 5.75 Å². The second-order valence-corrected chi connectivity index (χ2v) is 9.42. The van der Waals surface area contributed by atoms with E-state index in [0.717, 1.165) is 10.5 Å². The van der Waals surface area contributed by atoms with Crippen molar-refractivity contribution in [1.29, 1.82) is 0 Å². The molecular weight excluding hydrogens is 511 g/mol. The molecule has 1 heterocycles. The van der Waals surface area contributed by atoms with Gasteiger partial charge in [-0.25, -0.2) is 4.68 Å². The zero-order chi connectivity index (χ0) is 24.9. The molecule has 8 nitrogen and oxygen atoms in total. The first-order valence-corrected chi connectivity index (χ1v) is 11.8. The number of benzene rings is 3. The average Bonchev–Trinajstić information content (AvgIpc) is 3.29. The van der Waals surface area contributed by atoms with E-state index < -0.39 is 10.8 Å². The van der Waals surface area contributed by atoms with Crippen molar-refractivity contribution in [1.82, 2.24) is 9.78 Å². The molecule has 0 aliphatic rings. The van der Waals surface area contributed by atoms with Gasteiger partial charge in [0, 0.05) is 38.8 Å². The highest BCUT2D eigenvalue weighted by Gasteiger charge is 2.15. The molecule has 0 saturated heterocycles. The number of hydrogen-bond donors (Lipinski definition) is 1. The Kier molecular flexibility index (Phi) is 7.60. The van der Waals surface area contributed by atoms with Gasteiger partial charge in [0.25, 0.3) is 11.6 Å². The Labute approximate surface area is 215 Å². The number of non-ortho nitro benzene ring substituents is 1. The summed E-state index contributed by atoms with van der Waals surface area (Å²) in [6, 6.07) is 18.6. The summed E-state index contributed by atoms with van der Waals surface area (Å²) in [5, 5.41) is 19.2. The molecule has 0 aliphatic heterocycles. The van der Waals surface area contributed by atoms with E-state index in [9.17, 15) is 14.9 Å². The van der Waals surface area contributed by atoms with Crippen LogP contribution < -0.4 is 10.1 Å². The van der Waals surface area contributed by atoms with E-state index in [-0.39, 0.29) is 23.8 Å². The smallest absolute Gasteiger partial charge is 0.276 e. The fourth-order valence-corrected chi connectivity index (χ4v) is 4.41. The highest BCUT2D eigenvalue weighted by molar-refractivity contribution is 7.99. The van der Waals surface area contributed by atoms with Crippen LogP contribution in [-0.2, 0) is 6.73 Å². The Morgan fingerprint density at radius 1 is 1.09 bits per heavy atom. The number of nitrogens with one attached hydrogen (secondary N) is 1. The lowest BCUT2D eigenvalue weighted by Crippen LogP contribution is -2.14. The van der Waals surface area contributed by atoms with Crippen LogP contribution >= 0.6 is 35.0 Å². The van der Waals surface area contributed by atoms with Crippen molar-refractivity contribution in [2.45, 2.75) is 23.4 Å². The van der Waals surface area contributed by atoms with Crippen LogP contribution in [0.2, 0.25) is 10.0 Å². The first-order valence-electron chi connectivity index (χ1n) is 10.2. The zero-order valence-corrected chi connectivity index (χ0v) is 20.6. The Hall–Kier alpha value is -3.53. The molecule has 35 heavy (non-hydrogen) atoms. The van der Waals surface area contributed by atoms with Crippen LogP contribution in [0.25, 0.3) is 0 Å². The molecule has 0 fully saturated rings. The Morgan fingerprint density at radius 2 is 1.86 bits per heavy atom. The summed E-state index contributed by atoms with van der Waals surface area (Å²) in [4.78, 5) is 25.2. The summed E-state index contributed by atoms with van der Waals surface area (Å²) < 4.78 is 7.03. The van der Waals surface area contributed by atoms with E-state index in [0.29, 0.717) is 20.7 Å². The average molecular weight is 529 g/mol. The number of nitrogens with zero attached hydrogens (tertiary/aromatic N) is 3. The van der Waals surface area contributed by atoms with Crippen molar-refractivity contribution >= 4 is 52.2 Å². The fraction of sp³-hybridized carbons (Fsp3) is 0.0833. The lowest BCUT2D eigenvalue weighted by atomic mass is 10.2. The monoisotopic (exact) mass is 528 g/mol. The number of ether oxygens (including phenoxy) is 1. The number of aryl methyl sites for hydroxylation is 1. The van der Waals surface area contributed by atoms with Crippen molar-refractivity contribution in [2.24, 2.45) is 0 Å². The van der Waals surface area contributed by atoms with Gasteiger partial charge in [0.1, 0.15) is 5.75 Å². The molecule has 0 radical (unpaired) electrons. The van der Waals surface area contributed by atoms with E-state index in [4.69, 9.17) is 27.9 Å². The second kappa shape index (κ2) is 10.8. The summed E-state index contributed by atoms with van der Waals surface area (Å²) in [7, 11) is 0. The molecule has 0 bridgehead atoms. The van der Waals surface area contributed by atoms with Gasteiger partial charge in [0.2, 0.25) is 0 Å². The minimum Gasteiger partial charge on any atom is -0.470 e. The van der Waals surface area contributed by atoms with Crippen LogP contribution in [0.5, 0.6) is 5.75 Å². The fourth-order valence-electron chi connectivity index (χ4n) is 3.04. The third kappa shape index (κ3) is 6.54. The largest absolute Gasteiger partial charge is 0.470 e. The maximum atomic E-state index is 12.7. The van der Waals surface area contributed by atoms with E-state index in [1.807, 2.05) is 31.2 Å². The number of carbonyl (C=O) groups excluding carboxylic acids is 1. The predicted molar refractivity (Wildman–Crippen MR) is 136 cm³/mol. The number of aromatic nitrogens is 2. The van der Waals surface area contributed by atoms with Gasteiger partial charge in [-0.05, 0) is 49.4 Å². The maximum absolute atomic E-state index is 12.7. The van der Waals surface area contributed by atoms with Gasteiger partial charge < -0.3 is 10.1 Å². The Balaban J connectivity index is 1.46.